The van der Waals surface area contributed by atoms with E-state index >= 15 is 0 Å². The van der Waals surface area contributed by atoms with Crippen molar-refractivity contribution in [3.63, 3.8) is 0 Å². The van der Waals surface area contributed by atoms with Crippen LogP contribution in [0.3, 0.4) is 0 Å². The van der Waals surface area contributed by atoms with Crippen molar-refractivity contribution in [1.29, 1.82) is 0 Å². The van der Waals surface area contributed by atoms with Crippen LogP contribution in [0.4, 0.5) is 13.2 Å². The summed E-state index contributed by atoms with van der Waals surface area (Å²) in [6.07, 6.45) is -4.10. The van der Waals surface area contributed by atoms with E-state index in [1.54, 1.807) is 23.5 Å². The first-order valence-corrected chi connectivity index (χ1v) is 10.8. The number of fused-ring (bicyclic) bond motifs is 1. The van der Waals surface area contributed by atoms with Crippen LogP contribution < -0.4 is 5.56 Å². The summed E-state index contributed by atoms with van der Waals surface area (Å²) in [7, 11) is 0. The van der Waals surface area contributed by atoms with Gasteiger partial charge in [-0.05, 0) is 49.9 Å². The Balaban J connectivity index is 1.70. The maximum absolute atomic E-state index is 13.4. The summed E-state index contributed by atoms with van der Waals surface area (Å²) in [5, 5.41) is 2.01. The van der Waals surface area contributed by atoms with E-state index in [0.717, 1.165) is 22.4 Å². The molecule has 0 fully saturated rings. The number of aromatic nitrogens is 3. The van der Waals surface area contributed by atoms with E-state index in [9.17, 15) is 22.8 Å². The highest BCUT2D eigenvalue weighted by atomic mass is 32.1. The largest absolute Gasteiger partial charge is 0.438 e. The molecule has 0 aliphatic heterocycles. The normalized spacial score (nSPS) is 11.9. The number of para-hydroxylation sites is 2. The predicted molar refractivity (Wildman–Crippen MR) is 117 cm³/mol. The van der Waals surface area contributed by atoms with Crippen LogP contribution in [0.2, 0.25) is 0 Å². The number of thiophene rings is 1. The number of nitrogens with zero attached hydrogens (tertiary/aromatic N) is 3. The standard InChI is InChI=1S/C23H20F3N3O2S/c1-14-12-17(15(2)28(14)10-9-16-6-5-11-32-16)20(30)13-29-19-8-4-3-7-18(19)27-21(22(29)31)23(24,25)26/h3-8,11-12H,9-10,13H2,1-2H3. The van der Waals surface area contributed by atoms with E-state index in [1.807, 2.05) is 35.9 Å². The van der Waals surface area contributed by atoms with E-state index in [-0.39, 0.29) is 11.0 Å². The van der Waals surface area contributed by atoms with Crippen molar-refractivity contribution in [1.82, 2.24) is 14.1 Å². The van der Waals surface area contributed by atoms with Crippen molar-refractivity contribution < 1.29 is 18.0 Å². The molecular formula is C23H20F3N3O2S. The van der Waals surface area contributed by atoms with Crippen molar-refractivity contribution >= 4 is 28.2 Å². The van der Waals surface area contributed by atoms with Gasteiger partial charge in [0.15, 0.2) is 5.78 Å². The van der Waals surface area contributed by atoms with Crippen LogP contribution in [0.5, 0.6) is 0 Å². The van der Waals surface area contributed by atoms with Crippen LogP contribution in [0.1, 0.15) is 32.3 Å². The SMILES string of the molecule is Cc1cc(C(=O)Cn2c(=O)c(C(F)(F)F)nc3ccccc32)c(C)n1CCc1cccs1. The molecule has 32 heavy (non-hydrogen) atoms. The number of ketones is 1. The topological polar surface area (TPSA) is 56.9 Å². The highest BCUT2D eigenvalue weighted by molar-refractivity contribution is 7.09. The predicted octanol–water partition coefficient (Wildman–Crippen LogP) is 5.02. The first-order valence-electron chi connectivity index (χ1n) is 9.96. The molecule has 4 rings (SSSR count). The summed E-state index contributed by atoms with van der Waals surface area (Å²) in [4.78, 5) is 30.4. The molecule has 5 nitrogen and oxygen atoms in total. The molecule has 0 bridgehead atoms. The second kappa shape index (κ2) is 8.38. The van der Waals surface area contributed by atoms with Gasteiger partial charge in [0.25, 0.3) is 5.56 Å². The van der Waals surface area contributed by atoms with E-state index in [2.05, 4.69) is 4.98 Å². The lowest BCUT2D eigenvalue weighted by Gasteiger charge is -2.13. The zero-order valence-corrected chi connectivity index (χ0v) is 18.3. The van der Waals surface area contributed by atoms with Crippen molar-refractivity contribution in [2.75, 3.05) is 0 Å². The maximum Gasteiger partial charge on any atom is 0.438 e. The molecule has 0 amide bonds. The Morgan fingerprint density at radius 2 is 1.84 bits per heavy atom. The van der Waals surface area contributed by atoms with Gasteiger partial charge in [-0.25, -0.2) is 4.98 Å². The summed E-state index contributed by atoms with van der Waals surface area (Å²) in [6.45, 7) is 3.87. The Bertz CT molecular complexity index is 1350. The molecule has 3 aromatic heterocycles. The fourth-order valence-corrected chi connectivity index (χ4v) is 4.57. The average Bonchev–Trinajstić information content (AvgIpc) is 3.35. The van der Waals surface area contributed by atoms with E-state index in [4.69, 9.17) is 0 Å². The third-order valence-electron chi connectivity index (χ3n) is 5.46. The zero-order valence-electron chi connectivity index (χ0n) is 17.4. The maximum atomic E-state index is 13.4. The van der Waals surface area contributed by atoms with E-state index in [1.165, 1.54) is 23.1 Å². The second-order valence-corrected chi connectivity index (χ2v) is 8.56. The number of alkyl halides is 3. The van der Waals surface area contributed by atoms with Crippen molar-refractivity contribution in [2.45, 2.75) is 39.5 Å². The van der Waals surface area contributed by atoms with Gasteiger partial charge in [-0.15, -0.1) is 11.3 Å². The van der Waals surface area contributed by atoms with Crippen LogP contribution in [-0.4, -0.2) is 19.9 Å². The minimum atomic E-state index is -4.91. The molecule has 4 aromatic rings. The summed E-state index contributed by atoms with van der Waals surface area (Å²) in [5.41, 5.74) is -0.646. The number of benzene rings is 1. The fourth-order valence-electron chi connectivity index (χ4n) is 3.87. The van der Waals surface area contributed by atoms with Crippen LogP contribution in [-0.2, 0) is 25.7 Å². The molecule has 9 heteroatoms. The summed E-state index contributed by atoms with van der Waals surface area (Å²) in [6, 6.07) is 11.8. The number of Topliss-reactive ketones (excluding diaryl/α,β-unsaturated/α-hetero) is 1. The Labute approximate surface area is 185 Å². The van der Waals surface area contributed by atoms with Gasteiger partial charge >= 0.3 is 6.18 Å². The van der Waals surface area contributed by atoms with Gasteiger partial charge in [0, 0.05) is 28.4 Å². The Morgan fingerprint density at radius 1 is 1.09 bits per heavy atom. The molecule has 0 atom stereocenters. The lowest BCUT2D eigenvalue weighted by Crippen LogP contribution is -2.32. The molecule has 0 aliphatic rings. The smallest absolute Gasteiger partial charge is 0.348 e. The quantitative estimate of drug-likeness (QED) is 0.381. The van der Waals surface area contributed by atoms with Crippen LogP contribution >= 0.6 is 11.3 Å². The van der Waals surface area contributed by atoms with Gasteiger partial charge in [0.2, 0.25) is 5.69 Å². The second-order valence-electron chi connectivity index (χ2n) is 7.53. The number of hydrogen-bond acceptors (Lipinski definition) is 4. The van der Waals surface area contributed by atoms with Gasteiger partial charge in [-0.2, -0.15) is 13.2 Å². The zero-order chi connectivity index (χ0) is 23.0. The molecule has 0 N–H and O–H groups in total. The molecular weight excluding hydrogens is 439 g/mol. The van der Waals surface area contributed by atoms with E-state index < -0.39 is 29.8 Å². The van der Waals surface area contributed by atoms with Gasteiger partial charge in [-0.1, -0.05) is 18.2 Å². The summed E-state index contributed by atoms with van der Waals surface area (Å²) >= 11 is 1.66. The highest BCUT2D eigenvalue weighted by Gasteiger charge is 2.37. The number of carbonyl (C=O) groups excluding carboxylic acids is 1. The van der Waals surface area contributed by atoms with Crippen LogP contribution in [0, 0.1) is 13.8 Å². The number of aryl methyl sites for hydroxylation is 2. The van der Waals surface area contributed by atoms with Gasteiger partial charge in [-0.3, -0.25) is 14.2 Å². The Kier molecular flexibility index (Phi) is 5.77. The Hall–Kier alpha value is -3.20. The third-order valence-corrected chi connectivity index (χ3v) is 6.39. The molecule has 1 aromatic carbocycles. The number of rotatable bonds is 6. The minimum absolute atomic E-state index is 0.00801. The van der Waals surface area contributed by atoms with Crippen LogP contribution in [0.25, 0.3) is 11.0 Å². The Morgan fingerprint density at radius 3 is 2.53 bits per heavy atom. The van der Waals surface area contributed by atoms with Gasteiger partial charge < -0.3 is 4.57 Å². The van der Waals surface area contributed by atoms with Crippen molar-refractivity contribution in [2.24, 2.45) is 0 Å². The summed E-state index contributed by atoms with van der Waals surface area (Å²) in [5.74, 6) is -0.424. The van der Waals surface area contributed by atoms with Gasteiger partial charge in [0.05, 0.1) is 17.6 Å². The summed E-state index contributed by atoms with van der Waals surface area (Å²) < 4.78 is 43.0. The molecule has 0 saturated carbocycles. The number of hydrogen-bond donors (Lipinski definition) is 0. The molecule has 0 spiro atoms. The number of halogens is 3. The van der Waals surface area contributed by atoms with Crippen molar-refractivity contribution in [3.8, 4) is 0 Å². The molecule has 0 unspecified atom stereocenters. The van der Waals surface area contributed by atoms with Crippen molar-refractivity contribution in [3.05, 3.63) is 85.7 Å². The first kappa shape index (κ1) is 22.0. The molecule has 0 aliphatic carbocycles. The lowest BCUT2D eigenvalue weighted by molar-refractivity contribution is -0.142. The molecule has 166 valence electrons. The van der Waals surface area contributed by atoms with Crippen LogP contribution in [0.15, 0.2) is 52.6 Å². The van der Waals surface area contributed by atoms with E-state index in [0.29, 0.717) is 12.1 Å². The fraction of sp³-hybridized carbons (Fsp3) is 0.261. The molecule has 0 radical (unpaired) electrons. The third kappa shape index (κ3) is 4.12. The lowest BCUT2D eigenvalue weighted by atomic mass is 10.1. The highest BCUT2D eigenvalue weighted by Crippen LogP contribution is 2.27. The number of carbonyl (C=O) groups is 1. The molecule has 0 saturated heterocycles. The minimum Gasteiger partial charge on any atom is -0.348 e. The average molecular weight is 459 g/mol. The molecule has 3 heterocycles. The van der Waals surface area contributed by atoms with Gasteiger partial charge in [0.1, 0.15) is 0 Å². The monoisotopic (exact) mass is 459 g/mol. The first-order chi connectivity index (χ1) is 15.2.